The number of aromatic nitrogens is 1. The second-order valence-electron chi connectivity index (χ2n) is 5.05. The molecule has 1 aliphatic carbocycles. The molecule has 3 N–H and O–H groups in total. The lowest BCUT2D eigenvalue weighted by atomic mass is 9.94. The zero-order valence-electron chi connectivity index (χ0n) is 9.95. The average Bonchev–Trinajstić information content (AvgIpc) is 3.01. The number of nitrogens with one attached hydrogen (secondary N) is 1. The van der Waals surface area contributed by atoms with Crippen molar-refractivity contribution in [3.8, 4) is 0 Å². The number of benzene rings is 1. The Hall–Kier alpha value is -1.54. The van der Waals surface area contributed by atoms with Crippen molar-refractivity contribution in [2.75, 3.05) is 6.54 Å². The van der Waals surface area contributed by atoms with Gasteiger partial charge in [0.15, 0.2) is 0 Å². The van der Waals surface area contributed by atoms with E-state index in [1.165, 1.54) is 29.7 Å². The Kier molecular flexibility index (Phi) is 2.52. The summed E-state index contributed by atoms with van der Waals surface area (Å²) in [5.74, 6) is 0. The lowest BCUT2D eigenvalue weighted by Crippen LogP contribution is -2.19. The molecule has 1 aliphatic rings. The van der Waals surface area contributed by atoms with Crippen LogP contribution in [0.5, 0.6) is 0 Å². The monoisotopic (exact) mass is 226 g/mol. The van der Waals surface area contributed by atoms with Crippen molar-refractivity contribution in [2.45, 2.75) is 24.7 Å². The summed E-state index contributed by atoms with van der Waals surface area (Å²) in [6, 6.07) is 13.1. The van der Waals surface area contributed by atoms with E-state index in [-0.39, 0.29) is 0 Å². The Bertz CT molecular complexity index is 478. The molecule has 2 aromatic rings. The molecule has 2 heteroatoms. The van der Waals surface area contributed by atoms with Crippen LogP contribution in [-0.2, 0) is 11.8 Å². The minimum Gasteiger partial charge on any atom is -0.365 e. The third-order valence-electron chi connectivity index (χ3n) is 3.87. The molecule has 1 fully saturated rings. The van der Waals surface area contributed by atoms with Crippen molar-refractivity contribution in [1.29, 1.82) is 0 Å². The van der Waals surface area contributed by atoms with Gasteiger partial charge in [-0.15, -0.1) is 0 Å². The van der Waals surface area contributed by atoms with Crippen LogP contribution in [0.15, 0.2) is 42.6 Å². The maximum absolute atomic E-state index is 5.84. The van der Waals surface area contributed by atoms with Crippen LogP contribution in [0.3, 0.4) is 0 Å². The van der Waals surface area contributed by atoms with Gasteiger partial charge in [0.2, 0.25) is 0 Å². The summed E-state index contributed by atoms with van der Waals surface area (Å²) in [4.78, 5) is 3.23. The number of nitrogens with two attached hydrogens (primary N) is 1. The molecule has 0 unspecified atom stereocenters. The molecule has 1 heterocycles. The largest absolute Gasteiger partial charge is 0.365 e. The third-order valence-corrected chi connectivity index (χ3v) is 3.87. The Morgan fingerprint density at radius 3 is 2.41 bits per heavy atom. The van der Waals surface area contributed by atoms with Crippen molar-refractivity contribution < 1.29 is 0 Å². The lowest BCUT2D eigenvalue weighted by Gasteiger charge is -2.13. The zero-order chi connectivity index (χ0) is 11.7. The van der Waals surface area contributed by atoms with Crippen LogP contribution in [0.25, 0.3) is 0 Å². The minimum absolute atomic E-state index is 0.310. The van der Waals surface area contributed by atoms with Gasteiger partial charge in [-0.25, -0.2) is 0 Å². The van der Waals surface area contributed by atoms with E-state index in [1.807, 2.05) is 12.3 Å². The Morgan fingerprint density at radius 1 is 1.12 bits per heavy atom. The summed E-state index contributed by atoms with van der Waals surface area (Å²) >= 11 is 0. The average molecular weight is 226 g/mol. The molecule has 0 spiro atoms. The minimum atomic E-state index is 0.310. The Morgan fingerprint density at radius 2 is 1.88 bits per heavy atom. The highest BCUT2D eigenvalue weighted by Crippen LogP contribution is 2.47. The van der Waals surface area contributed by atoms with E-state index in [2.05, 4.69) is 35.3 Å². The first-order valence-electron chi connectivity index (χ1n) is 6.24. The summed E-state index contributed by atoms with van der Waals surface area (Å²) in [6.45, 7) is 0.781. The third kappa shape index (κ3) is 2.01. The maximum atomic E-state index is 5.84. The fourth-order valence-electron chi connectivity index (χ4n) is 2.44. The first kappa shape index (κ1) is 10.6. The summed E-state index contributed by atoms with van der Waals surface area (Å²) in [5, 5.41) is 0. The molecule has 1 saturated carbocycles. The first-order chi connectivity index (χ1) is 8.32. The van der Waals surface area contributed by atoms with Crippen molar-refractivity contribution in [1.82, 2.24) is 4.98 Å². The number of aromatic amines is 1. The van der Waals surface area contributed by atoms with Crippen molar-refractivity contribution >= 4 is 0 Å². The van der Waals surface area contributed by atoms with Crippen LogP contribution in [0, 0.1) is 0 Å². The Labute approximate surface area is 102 Å². The van der Waals surface area contributed by atoms with Crippen LogP contribution in [0.1, 0.15) is 29.7 Å². The standard InChI is InChI=1S/C15H18N2/c16-11-15(7-8-15)13-5-3-12(4-6-13)10-14-2-1-9-17-14/h1-6,9,17H,7-8,10-11,16H2. The molecule has 0 bridgehead atoms. The molecule has 1 aromatic heterocycles. The second kappa shape index (κ2) is 4.04. The van der Waals surface area contributed by atoms with Gasteiger partial charge in [-0.2, -0.15) is 0 Å². The molecule has 88 valence electrons. The quantitative estimate of drug-likeness (QED) is 0.826. The van der Waals surface area contributed by atoms with Gasteiger partial charge in [0.1, 0.15) is 0 Å². The lowest BCUT2D eigenvalue weighted by molar-refractivity contribution is 0.704. The van der Waals surface area contributed by atoms with E-state index in [0.717, 1.165) is 13.0 Å². The van der Waals surface area contributed by atoms with E-state index in [0.29, 0.717) is 5.41 Å². The molecule has 0 saturated heterocycles. The fourth-order valence-corrected chi connectivity index (χ4v) is 2.44. The Balaban J connectivity index is 1.76. The highest BCUT2D eigenvalue weighted by molar-refractivity contribution is 5.35. The van der Waals surface area contributed by atoms with Crippen molar-refractivity contribution in [3.05, 3.63) is 59.4 Å². The van der Waals surface area contributed by atoms with Gasteiger partial charge in [0, 0.05) is 30.3 Å². The van der Waals surface area contributed by atoms with Crippen LogP contribution in [0.2, 0.25) is 0 Å². The van der Waals surface area contributed by atoms with Crippen LogP contribution in [-0.4, -0.2) is 11.5 Å². The predicted molar refractivity (Wildman–Crippen MR) is 70.0 cm³/mol. The fraction of sp³-hybridized carbons (Fsp3) is 0.333. The van der Waals surface area contributed by atoms with Gasteiger partial charge in [0.05, 0.1) is 0 Å². The number of rotatable bonds is 4. The van der Waals surface area contributed by atoms with E-state index < -0.39 is 0 Å². The molecular formula is C15H18N2. The van der Waals surface area contributed by atoms with Gasteiger partial charge in [0.25, 0.3) is 0 Å². The highest BCUT2D eigenvalue weighted by Gasteiger charge is 2.42. The highest BCUT2D eigenvalue weighted by atomic mass is 14.7. The van der Waals surface area contributed by atoms with E-state index in [1.54, 1.807) is 0 Å². The SMILES string of the molecule is NCC1(c2ccc(Cc3ccc[nH]3)cc2)CC1. The first-order valence-corrected chi connectivity index (χ1v) is 6.24. The molecule has 3 rings (SSSR count). The van der Waals surface area contributed by atoms with Gasteiger partial charge in [-0.1, -0.05) is 24.3 Å². The summed E-state index contributed by atoms with van der Waals surface area (Å²) < 4.78 is 0. The van der Waals surface area contributed by atoms with Gasteiger partial charge >= 0.3 is 0 Å². The van der Waals surface area contributed by atoms with Crippen molar-refractivity contribution in [3.63, 3.8) is 0 Å². The van der Waals surface area contributed by atoms with Gasteiger partial charge in [-0.05, 0) is 36.1 Å². The van der Waals surface area contributed by atoms with Crippen LogP contribution >= 0.6 is 0 Å². The maximum Gasteiger partial charge on any atom is 0.0191 e. The van der Waals surface area contributed by atoms with Crippen molar-refractivity contribution in [2.24, 2.45) is 5.73 Å². The normalized spacial score (nSPS) is 17.0. The summed E-state index contributed by atoms with van der Waals surface area (Å²) in [5.41, 5.74) is 10.2. The molecule has 17 heavy (non-hydrogen) atoms. The van der Waals surface area contributed by atoms with E-state index in [4.69, 9.17) is 5.73 Å². The molecule has 0 aliphatic heterocycles. The summed E-state index contributed by atoms with van der Waals surface area (Å²) in [6.07, 6.45) is 5.44. The van der Waals surface area contributed by atoms with Crippen LogP contribution < -0.4 is 5.73 Å². The molecule has 0 amide bonds. The molecule has 0 radical (unpaired) electrons. The molecule has 2 nitrogen and oxygen atoms in total. The topological polar surface area (TPSA) is 41.8 Å². The number of hydrogen-bond donors (Lipinski definition) is 2. The molecular weight excluding hydrogens is 208 g/mol. The smallest absolute Gasteiger partial charge is 0.0191 e. The summed E-state index contributed by atoms with van der Waals surface area (Å²) in [7, 11) is 0. The zero-order valence-corrected chi connectivity index (χ0v) is 9.95. The predicted octanol–water partition coefficient (Wildman–Crippen LogP) is 2.60. The van der Waals surface area contributed by atoms with Crippen LogP contribution in [0.4, 0.5) is 0 Å². The van der Waals surface area contributed by atoms with Gasteiger partial charge in [-0.3, -0.25) is 0 Å². The van der Waals surface area contributed by atoms with Gasteiger partial charge < -0.3 is 10.7 Å². The number of H-pyrrole nitrogens is 1. The second-order valence-corrected chi connectivity index (χ2v) is 5.05. The van der Waals surface area contributed by atoms with E-state index >= 15 is 0 Å². The number of hydrogen-bond acceptors (Lipinski definition) is 1. The molecule has 1 aromatic carbocycles. The van der Waals surface area contributed by atoms with E-state index in [9.17, 15) is 0 Å². The molecule has 0 atom stereocenters.